The summed E-state index contributed by atoms with van der Waals surface area (Å²) in [5.74, 6) is 0.0600. The number of nitrogens with two attached hydrogens (primary N) is 1. The van der Waals surface area contributed by atoms with E-state index < -0.39 is 5.82 Å². The van der Waals surface area contributed by atoms with Gasteiger partial charge in [0.05, 0.1) is 16.6 Å². The number of nitrogens with zero attached hydrogens (tertiary/aromatic N) is 4. The van der Waals surface area contributed by atoms with Crippen LogP contribution in [0.4, 0.5) is 10.2 Å². The molecule has 3 aromatic rings. The van der Waals surface area contributed by atoms with Crippen LogP contribution < -0.4 is 10.5 Å². The number of rotatable bonds is 3. The molecule has 21 heavy (non-hydrogen) atoms. The average molecular weight is 308 g/mol. The highest BCUT2D eigenvalue weighted by atomic mass is 35.5. The summed E-state index contributed by atoms with van der Waals surface area (Å²) in [7, 11) is 1.75. The minimum absolute atomic E-state index is 0.00461. The van der Waals surface area contributed by atoms with Crippen molar-refractivity contribution in [3.63, 3.8) is 0 Å². The zero-order valence-corrected chi connectivity index (χ0v) is 11.8. The number of aromatic nitrogens is 4. The van der Waals surface area contributed by atoms with E-state index in [0.717, 1.165) is 0 Å². The van der Waals surface area contributed by atoms with Gasteiger partial charge >= 0.3 is 0 Å². The molecule has 0 aliphatic heterocycles. The molecular weight excluding hydrogens is 297 g/mol. The van der Waals surface area contributed by atoms with E-state index in [2.05, 4.69) is 15.1 Å². The van der Waals surface area contributed by atoms with Crippen molar-refractivity contribution in [2.45, 2.75) is 6.61 Å². The molecule has 0 fully saturated rings. The minimum Gasteiger partial charge on any atom is -0.482 e. The fourth-order valence-electron chi connectivity index (χ4n) is 1.89. The zero-order chi connectivity index (χ0) is 15.0. The van der Waals surface area contributed by atoms with E-state index >= 15 is 0 Å². The van der Waals surface area contributed by atoms with Gasteiger partial charge in [-0.1, -0.05) is 17.7 Å². The van der Waals surface area contributed by atoms with Crippen molar-refractivity contribution >= 4 is 28.5 Å². The Kier molecular flexibility index (Phi) is 3.34. The van der Waals surface area contributed by atoms with Gasteiger partial charge in [0.2, 0.25) is 0 Å². The highest BCUT2D eigenvalue weighted by Crippen LogP contribution is 2.25. The molecule has 0 amide bonds. The fourth-order valence-corrected chi connectivity index (χ4v) is 2.06. The summed E-state index contributed by atoms with van der Waals surface area (Å²) in [6.07, 6.45) is 1.59. The molecule has 6 nitrogen and oxygen atoms in total. The molecule has 0 saturated carbocycles. The molecule has 2 N–H and O–H groups in total. The van der Waals surface area contributed by atoms with Gasteiger partial charge in [0, 0.05) is 7.05 Å². The van der Waals surface area contributed by atoms with E-state index in [1.807, 2.05) is 0 Å². The van der Waals surface area contributed by atoms with Crippen molar-refractivity contribution in [3.8, 4) is 5.75 Å². The van der Waals surface area contributed by atoms with Crippen LogP contribution in [-0.4, -0.2) is 19.7 Å². The smallest absolute Gasteiger partial charge is 0.183 e. The molecule has 8 heteroatoms. The molecule has 2 heterocycles. The Labute approximate surface area is 124 Å². The maximum absolute atomic E-state index is 13.7. The maximum atomic E-state index is 13.7. The number of aryl methyl sites for hydroxylation is 1. The topological polar surface area (TPSA) is 78.9 Å². The van der Waals surface area contributed by atoms with Gasteiger partial charge in [-0.3, -0.25) is 4.68 Å². The van der Waals surface area contributed by atoms with E-state index in [-0.39, 0.29) is 17.4 Å². The number of ether oxygens (including phenoxy) is 1. The van der Waals surface area contributed by atoms with Crippen molar-refractivity contribution in [1.29, 1.82) is 0 Å². The predicted molar refractivity (Wildman–Crippen MR) is 76.5 cm³/mol. The van der Waals surface area contributed by atoms with Gasteiger partial charge in [0.1, 0.15) is 12.4 Å². The van der Waals surface area contributed by atoms with E-state index in [1.165, 1.54) is 12.1 Å². The van der Waals surface area contributed by atoms with Crippen molar-refractivity contribution in [2.75, 3.05) is 5.73 Å². The number of hydrogen-bond donors (Lipinski definition) is 1. The van der Waals surface area contributed by atoms with Gasteiger partial charge in [-0.25, -0.2) is 14.4 Å². The molecule has 3 rings (SSSR count). The molecule has 2 aromatic heterocycles. The highest BCUT2D eigenvalue weighted by Gasteiger charge is 2.11. The van der Waals surface area contributed by atoms with Crippen LogP contribution in [0.3, 0.4) is 0 Å². The van der Waals surface area contributed by atoms with Crippen LogP contribution in [0.2, 0.25) is 5.02 Å². The molecule has 0 radical (unpaired) electrons. The normalized spacial score (nSPS) is 11.0. The molecule has 0 aliphatic rings. The Morgan fingerprint density at radius 2 is 2.19 bits per heavy atom. The van der Waals surface area contributed by atoms with Gasteiger partial charge in [-0.05, 0) is 12.1 Å². The van der Waals surface area contributed by atoms with Gasteiger partial charge in [0.25, 0.3) is 0 Å². The lowest BCUT2D eigenvalue weighted by Crippen LogP contribution is -2.06. The van der Waals surface area contributed by atoms with E-state index in [1.54, 1.807) is 24.0 Å². The van der Waals surface area contributed by atoms with E-state index in [9.17, 15) is 4.39 Å². The Morgan fingerprint density at radius 3 is 3.00 bits per heavy atom. The third-order valence-corrected chi connectivity index (χ3v) is 3.23. The Hall–Kier alpha value is -2.41. The van der Waals surface area contributed by atoms with Crippen LogP contribution in [0.5, 0.6) is 5.75 Å². The number of nitrogen functional groups attached to an aromatic ring is 1. The molecule has 0 saturated heterocycles. The van der Waals surface area contributed by atoms with Crippen LogP contribution >= 0.6 is 11.6 Å². The molecule has 0 atom stereocenters. The third kappa shape index (κ3) is 2.47. The Bertz CT molecular complexity index is 820. The number of benzene rings is 1. The van der Waals surface area contributed by atoms with Gasteiger partial charge in [-0.2, -0.15) is 5.10 Å². The Balaban J connectivity index is 1.88. The second-order valence-corrected chi connectivity index (χ2v) is 4.78. The predicted octanol–water partition coefficient (Wildman–Crippen LogP) is 2.32. The molecule has 0 spiro atoms. The van der Waals surface area contributed by atoms with Crippen LogP contribution in [-0.2, 0) is 13.7 Å². The minimum atomic E-state index is -0.617. The first kappa shape index (κ1) is 13.6. The standard InChI is InChI=1S/C13H11ClFN5O/c1-20-13-7(5-17-20)12(16)18-10(19-13)6-21-9-4-2-3-8(14)11(9)15/h2-5H,6H2,1H3,(H2,16,18,19). The molecular formula is C13H11ClFN5O. The summed E-state index contributed by atoms with van der Waals surface area (Å²) in [6.45, 7) is -0.0252. The summed E-state index contributed by atoms with van der Waals surface area (Å²) in [6, 6.07) is 4.52. The van der Waals surface area contributed by atoms with Crippen molar-refractivity contribution in [2.24, 2.45) is 7.05 Å². The lowest BCUT2D eigenvalue weighted by atomic mass is 10.3. The second-order valence-electron chi connectivity index (χ2n) is 4.37. The van der Waals surface area contributed by atoms with Gasteiger partial charge < -0.3 is 10.5 Å². The first-order chi connectivity index (χ1) is 10.1. The first-order valence-corrected chi connectivity index (χ1v) is 6.45. The second kappa shape index (κ2) is 5.17. The Morgan fingerprint density at radius 1 is 1.38 bits per heavy atom. The summed E-state index contributed by atoms with van der Waals surface area (Å²) < 4.78 is 20.6. The van der Waals surface area contributed by atoms with Crippen molar-refractivity contribution in [3.05, 3.63) is 41.1 Å². The molecule has 0 bridgehead atoms. The van der Waals surface area contributed by atoms with Crippen LogP contribution in [0.25, 0.3) is 11.0 Å². The maximum Gasteiger partial charge on any atom is 0.183 e. The summed E-state index contributed by atoms with van der Waals surface area (Å²) in [5.41, 5.74) is 6.43. The van der Waals surface area contributed by atoms with Crippen LogP contribution in [0.15, 0.2) is 24.4 Å². The summed E-state index contributed by atoms with van der Waals surface area (Å²) in [5, 5.41) is 4.72. The molecule has 108 valence electrons. The highest BCUT2D eigenvalue weighted by molar-refractivity contribution is 6.30. The van der Waals surface area contributed by atoms with Crippen LogP contribution in [0.1, 0.15) is 5.82 Å². The van der Waals surface area contributed by atoms with E-state index in [0.29, 0.717) is 22.7 Å². The average Bonchev–Trinajstić information content (AvgIpc) is 2.83. The molecule has 1 aromatic carbocycles. The molecule has 0 unspecified atom stereocenters. The number of halogens is 2. The zero-order valence-electron chi connectivity index (χ0n) is 11.0. The third-order valence-electron chi connectivity index (χ3n) is 2.94. The largest absolute Gasteiger partial charge is 0.482 e. The van der Waals surface area contributed by atoms with Crippen molar-refractivity contribution in [1.82, 2.24) is 19.7 Å². The number of hydrogen-bond acceptors (Lipinski definition) is 5. The van der Waals surface area contributed by atoms with Gasteiger partial charge in [-0.15, -0.1) is 0 Å². The first-order valence-electron chi connectivity index (χ1n) is 6.07. The lowest BCUT2D eigenvalue weighted by Gasteiger charge is -2.08. The summed E-state index contributed by atoms with van der Waals surface area (Å²) >= 11 is 5.69. The fraction of sp³-hybridized carbons (Fsp3) is 0.154. The monoisotopic (exact) mass is 307 g/mol. The quantitative estimate of drug-likeness (QED) is 0.803. The summed E-state index contributed by atoms with van der Waals surface area (Å²) in [4.78, 5) is 8.41. The SMILES string of the molecule is Cn1ncc2c(N)nc(COc3cccc(Cl)c3F)nc21. The van der Waals surface area contributed by atoms with Gasteiger partial charge in [0.15, 0.2) is 23.0 Å². The number of anilines is 1. The van der Waals surface area contributed by atoms with Crippen molar-refractivity contribution < 1.29 is 9.13 Å². The number of fused-ring (bicyclic) bond motifs is 1. The molecule has 0 aliphatic carbocycles. The van der Waals surface area contributed by atoms with E-state index in [4.69, 9.17) is 22.1 Å². The van der Waals surface area contributed by atoms with Crippen LogP contribution in [0, 0.1) is 5.82 Å². The lowest BCUT2D eigenvalue weighted by molar-refractivity contribution is 0.281.